The Hall–Kier alpha value is 0.921. The van der Waals surface area contributed by atoms with Gasteiger partial charge in [-0.15, -0.1) is 6.58 Å². The quantitative estimate of drug-likeness (QED) is 0.491. The molecule has 0 fully saturated rings. The highest BCUT2D eigenvalue weighted by Gasteiger charge is 2.30. The molecule has 0 aliphatic heterocycles. The van der Waals surface area contributed by atoms with Gasteiger partial charge in [0, 0.05) is 0 Å². The van der Waals surface area contributed by atoms with E-state index in [-0.39, 0.29) is 0 Å². The fourth-order valence-corrected chi connectivity index (χ4v) is 28.9. The van der Waals surface area contributed by atoms with Crippen LogP contribution in [-0.2, 0) is 12.3 Å². The average molecular weight is 313 g/mol. The van der Waals surface area contributed by atoms with Crippen LogP contribution in [0, 0.1) is 0 Å². The zero-order valence-corrected chi connectivity index (χ0v) is 18.7. The summed E-state index contributed by atoms with van der Waals surface area (Å²) in [5.74, 6) is 0. The third-order valence-electron chi connectivity index (χ3n) is 2.20. The highest BCUT2D eigenvalue weighted by molar-refractivity contribution is 7.46. The van der Waals surface area contributed by atoms with Gasteiger partial charge in [-0.25, -0.2) is 0 Å². The molecule has 0 bridgehead atoms. The molecule has 3 nitrogen and oxygen atoms in total. The second kappa shape index (κ2) is 8.08. The Bertz CT molecular complexity index is 192. The number of rotatable bonds is 8. The minimum atomic E-state index is -1.45. The van der Waals surface area contributed by atoms with Crippen LogP contribution < -0.4 is 0 Å². The second-order valence-corrected chi connectivity index (χ2v) is 29.7. The summed E-state index contributed by atoms with van der Waals surface area (Å²) in [7, 11) is -3.43. The van der Waals surface area contributed by atoms with Crippen LogP contribution in [0.2, 0.25) is 26.2 Å². The van der Waals surface area contributed by atoms with Crippen LogP contribution in [0.1, 0.15) is 0 Å². The largest absolute Gasteiger partial charge is 0.465 e. The lowest BCUT2D eigenvalue weighted by Crippen LogP contribution is -2.52. The van der Waals surface area contributed by atoms with E-state index < -0.39 is 44.0 Å². The molecule has 0 amide bonds. The van der Waals surface area contributed by atoms with Crippen LogP contribution >= 0.6 is 0 Å². The van der Waals surface area contributed by atoms with E-state index in [1.807, 2.05) is 5.70 Å². The van der Waals surface area contributed by atoms with Crippen molar-refractivity contribution >= 4 is 54.5 Å². The Kier molecular flexibility index (Phi) is 8.57. The standard InChI is InChI=1S/C6H24O3Si6/c1-6-14(4)9-12-15(5,7-10)11-8-13(2)3/h6,13-14H,1,11-12H2,2-5,10H3. The van der Waals surface area contributed by atoms with Gasteiger partial charge < -0.3 is 12.3 Å². The van der Waals surface area contributed by atoms with Gasteiger partial charge in [0.05, 0.1) is 0 Å². The van der Waals surface area contributed by atoms with E-state index in [1.165, 1.54) is 0 Å². The molecule has 0 aliphatic rings. The fraction of sp³-hybridized carbons (Fsp3) is 0.667. The van der Waals surface area contributed by atoms with E-state index in [9.17, 15) is 0 Å². The highest BCUT2D eigenvalue weighted by Crippen LogP contribution is 2.02. The molecule has 0 spiro atoms. The van der Waals surface area contributed by atoms with Crippen molar-refractivity contribution < 1.29 is 12.3 Å². The second-order valence-electron chi connectivity index (χ2n) is 4.27. The molecular weight excluding hydrogens is 289 g/mol. The van der Waals surface area contributed by atoms with Gasteiger partial charge in [0.15, 0.2) is 44.0 Å². The molecule has 0 radical (unpaired) electrons. The van der Waals surface area contributed by atoms with Gasteiger partial charge in [-0.05, 0) is 26.2 Å². The van der Waals surface area contributed by atoms with Gasteiger partial charge >= 0.3 is 0 Å². The molecule has 15 heavy (non-hydrogen) atoms. The summed E-state index contributed by atoms with van der Waals surface area (Å²) in [5.41, 5.74) is 1.99. The normalized spacial score (nSPS) is 19.3. The van der Waals surface area contributed by atoms with Gasteiger partial charge in [-0.1, -0.05) is 5.70 Å². The first-order chi connectivity index (χ1) is 6.93. The Balaban J connectivity index is 4.00. The van der Waals surface area contributed by atoms with Crippen LogP contribution in [0.15, 0.2) is 12.3 Å². The van der Waals surface area contributed by atoms with Crippen LogP contribution in [-0.4, -0.2) is 54.5 Å². The van der Waals surface area contributed by atoms with E-state index in [0.717, 1.165) is 10.5 Å². The Morgan fingerprint density at radius 1 is 1.27 bits per heavy atom. The van der Waals surface area contributed by atoms with Gasteiger partial charge in [-0.3, -0.25) is 0 Å². The first-order valence-corrected chi connectivity index (χ1v) is 19.5. The molecule has 0 N–H and O–H groups in total. The zero-order valence-electron chi connectivity index (χ0n) is 10.6. The maximum atomic E-state index is 5.97. The molecule has 0 aromatic carbocycles. The van der Waals surface area contributed by atoms with Crippen molar-refractivity contribution in [2.45, 2.75) is 26.2 Å². The summed E-state index contributed by atoms with van der Waals surface area (Å²) in [4.78, 5) is 0. The van der Waals surface area contributed by atoms with Crippen LogP contribution in [0.5, 0.6) is 0 Å². The number of hydrogen-bond donors (Lipinski definition) is 0. The minimum absolute atomic E-state index is 0.432. The van der Waals surface area contributed by atoms with Crippen molar-refractivity contribution in [3.8, 4) is 0 Å². The Labute approximate surface area is 105 Å². The van der Waals surface area contributed by atoms with Crippen LogP contribution in [0.25, 0.3) is 0 Å². The van der Waals surface area contributed by atoms with Crippen molar-refractivity contribution in [3.05, 3.63) is 12.3 Å². The topological polar surface area (TPSA) is 27.7 Å². The fourth-order valence-electron chi connectivity index (χ4n) is 0.878. The average Bonchev–Trinajstić information content (AvgIpc) is 2.23. The van der Waals surface area contributed by atoms with Crippen molar-refractivity contribution in [2.24, 2.45) is 0 Å². The van der Waals surface area contributed by atoms with E-state index in [4.69, 9.17) is 12.3 Å². The molecule has 0 saturated carbocycles. The molecule has 0 aromatic heterocycles. The summed E-state index contributed by atoms with van der Waals surface area (Å²) in [5, 5.41) is 0. The van der Waals surface area contributed by atoms with Crippen molar-refractivity contribution in [1.82, 2.24) is 0 Å². The Morgan fingerprint density at radius 2 is 1.80 bits per heavy atom. The summed E-state index contributed by atoms with van der Waals surface area (Å²) in [6.07, 6.45) is 0. The molecule has 9 heteroatoms. The highest BCUT2D eigenvalue weighted by atomic mass is 29.6. The molecule has 0 saturated heterocycles. The van der Waals surface area contributed by atoms with Gasteiger partial charge in [0.2, 0.25) is 0 Å². The molecule has 2 unspecified atom stereocenters. The lowest BCUT2D eigenvalue weighted by molar-refractivity contribution is 0.586. The summed E-state index contributed by atoms with van der Waals surface area (Å²) < 4.78 is 17.8. The molecule has 0 aromatic rings. The summed E-state index contributed by atoms with van der Waals surface area (Å²) in [6, 6.07) is 0. The SMILES string of the molecule is C=C[SiH](C)O[SiH2][Si](C)(O[SiH3])[SiH2]O[SiH](C)C. The van der Waals surface area contributed by atoms with Crippen molar-refractivity contribution in [2.75, 3.05) is 0 Å². The van der Waals surface area contributed by atoms with Crippen molar-refractivity contribution in [3.63, 3.8) is 0 Å². The third kappa shape index (κ3) is 7.76. The molecular formula is C6H24O3Si6. The smallest absolute Gasteiger partial charge is 0.197 e. The molecule has 90 valence electrons. The molecule has 2 atom stereocenters. The first-order valence-electron chi connectivity index (χ1n) is 5.34. The summed E-state index contributed by atoms with van der Waals surface area (Å²) >= 11 is 0. The molecule has 0 rings (SSSR count). The van der Waals surface area contributed by atoms with Gasteiger partial charge in [-0.2, -0.15) is 0 Å². The van der Waals surface area contributed by atoms with E-state index in [1.54, 1.807) is 0 Å². The predicted octanol–water partition coefficient (Wildman–Crippen LogP) is -1.88. The zero-order chi connectivity index (χ0) is 11.9. The van der Waals surface area contributed by atoms with E-state index >= 15 is 0 Å². The lowest BCUT2D eigenvalue weighted by Gasteiger charge is -2.26. The van der Waals surface area contributed by atoms with Crippen LogP contribution in [0.3, 0.4) is 0 Å². The predicted molar refractivity (Wildman–Crippen MR) is 84.0 cm³/mol. The Morgan fingerprint density at radius 3 is 2.20 bits per heavy atom. The minimum Gasteiger partial charge on any atom is -0.465 e. The molecule has 0 heterocycles. The summed E-state index contributed by atoms with van der Waals surface area (Å²) in [6.45, 7) is 12.8. The third-order valence-corrected chi connectivity index (χ3v) is 29.7. The maximum absolute atomic E-state index is 5.97. The monoisotopic (exact) mass is 312 g/mol. The molecule has 0 aliphatic carbocycles. The number of hydrogen-bond acceptors (Lipinski definition) is 3. The van der Waals surface area contributed by atoms with E-state index in [0.29, 0.717) is 0 Å². The lowest BCUT2D eigenvalue weighted by atomic mass is 11.3. The van der Waals surface area contributed by atoms with Crippen molar-refractivity contribution in [1.29, 1.82) is 0 Å². The van der Waals surface area contributed by atoms with Gasteiger partial charge in [0.1, 0.15) is 10.5 Å². The van der Waals surface area contributed by atoms with Crippen LogP contribution in [0.4, 0.5) is 0 Å². The first kappa shape index (κ1) is 15.9. The van der Waals surface area contributed by atoms with Gasteiger partial charge in [0.25, 0.3) is 0 Å². The maximum Gasteiger partial charge on any atom is 0.197 e. The van der Waals surface area contributed by atoms with E-state index in [2.05, 4.69) is 32.8 Å².